The highest BCUT2D eigenvalue weighted by molar-refractivity contribution is 6.09. The number of fused-ring (bicyclic) bond motifs is 3. The van der Waals surface area contributed by atoms with Gasteiger partial charge < -0.3 is 9.47 Å². The Morgan fingerprint density at radius 3 is 2.00 bits per heavy atom. The number of hydrogen-bond acceptors (Lipinski definition) is 4. The molecule has 5 nitrogen and oxygen atoms in total. The zero-order chi connectivity index (χ0) is 32.5. The molecule has 5 heteroatoms. The molecule has 0 unspecified atom stereocenters. The first-order valence-electron chi connectivity index (χ1n) is 16.0. The number of benzene rings is 3. The quantitative estimate of drug-likeness (QED) is 0.206. The van der Waals surface area contributed by atoms with Crippen LogP contribution in [0.2, 0.25) is 0 Å². The van der Waals surface area contributed by atoms with Crippen molar-refractivity contribution < 1.29 is 9.47 Å². The zero-order valence-corrected chi connectivity index (χ0v) is 28.8. The molecule has 0 amide bonds. The van der Waals surface area contributed by atoms with Crippen LogP contribution in [0.25, 0.3) is 27.6 Å². The fourth-order valence-electron chi connectivity index (χ4n) is 5.87. The summed E-state index contributed by atoms with van der Waals surface area (Å²) in [7, 11) is 0. The summed E-state index contributed by atoms with van der Waals surface area (Å²) in [5, 5.41) is 2.38. The summed E-state index contributed by atoms with van der Waals surface area (Å²) in [5.74, 6) is 3.10. The number of nitrogens with zero attached hydrogens (tertiary/aromatic N) is 3. The van der Waals surface area contributed by atoms with Crippen molar-refractivity contribution in [2.24, 2.45) is 4.99 Å². The van der Waals surface area contributed by atoms with Gasteiger partial charge in [0.25, 0.3) is 0 Å². The van der Waals surface area contributed by atoms with Crippen molar-refractivity contribution in [3.63, 3.8) is 0 Å². The lowest BCUT2D eigenvalue weighted by molar-refractivity contribution is 0.279. The summed E-state index contributed by atoms with van der Waals surface area (Å²) in [6.45, 7) is 24.9. The monoisotopic (exact) mass is 601 g/mol. The van der Waals surface area contributed by atoms with Gasteiger partial charge in [-0.15, -0.1) is 0 Å². The maximum atomic E-state index is 6.67. The molecular weight excluding hydrogens is 554 g/mol. The lowest BCUT2D eigenvalue weighted by atomic mass is 9.86. The van der Waals surface area contributed by atoms with Crippen molar-refractivity contribution in [2.75, 3.05) is 6.61 Å². The van der Waals surface area contributed by atoms with Crippen molar-refractivity contribution in [1.29, 1.82) is 0 Å². The minimum atomic E-state index is -0.238. The van der Waals surface area contributed by atoms with Gasteiger partial charge in [0.1, 0.15) is 23.9 Å². The van der Waals surface area contributed by atoms with E-state index in [9.17, 15) is 0 Å². The maximum absolute atomic E-state index is 6.67. The van der Waals surface area contributed by atoms with Gasteiger partial charge in [0, 0.05) is 28.6 Å². The van der Waals surface area contributed by atoms with Crippen LogP contribution in [-0.2, 0) is 21.0 Å². The Morgan fingerprint density at radius 2 is 1.36 bits per heavy atom. The van der Waals surface area contributed by atoms with Gasteiger partial charge in [-0.1, -0.05) is 68.4 Å². The third kappa shape index (κ3) is 6.10. The highest BCUT2D eigenvalue weighted by Crippen LogP contribution is 2.39. The molecule has 3 heterocycles. The SMILES string of the molecule is CC1(C)COC(c2cc(Oc3ccc4c5cc(C(C)(C)C)ccc5n(-c5cc(C(C)(C)C)ccn5)c4c3)cc(C(C)(C)C)c2)=N1. The Balaban J connectivity index is 1.52. The van der Waals surface area contributed by atoms with Gasteiger partial charge in [0.05, 0.1) is 16.6 Å². The van der Waals surface area contributed by atoms with Crippen LogP contribution in [0.4, 0.5) is 0 Å². The van der Waals surface area contributed by atoms with E-state index in [1.807, 2.05) is 12.3 Å². The largest absolute Gasteiger partial charge is 0.475 e. The Hall–Kier alpha value is -4.12. The van der Waals surface area contributed by atoms with Gasteiger partial charge in [0.2, 0.25) is 5.90 Å². The average molecular weight is 602 g/mol. The predicted octanol–water partition coefficient (Wildman–Crippen LogP) is 10.4. The van der Waals surface area contributed by atoms with E-state index in [1.165, 1.54) is 27.5 Å². The molecule has 0 saturated heterocycles. The van der Waals surface area contributed by atoms with Gasteiger partial charge in [-0.25, -0.2) is 9.98 Å². The number of rotatable bonds is 4. The Kier molecular flexibility index (Phi) is 7.19. The summed E-state index contributed by atoms with van der Waals surface area (Å²) in [4.78, 5) is 9.73. The normalized spacial score (nSPS) is 15.4. The van der Waals surface area contributed by atoms with Crippen LogP contribution in [0.5, 0.6) is 11.5 Å². The van der Waals surface area contributed by atoms with Crippen LogP contribution in [0, 0.1) is 0 Å². The molecule has 2 aromatic heterocycles. The lowest BCUT2D eigenvalue weighted by Gasteiger charge is -2.21. The van der Waals surface area contributed by atoms with Crippen LogP contribution in [0.1, 0.15) is 98.4 Å². The second-order valence-electron chi connectivity index (χ2n) is 16.3. The highest BCUT2D eigenvalue weighted by atomic mass is 16.5. The Morgan fingerprint density at radius 1 is 0.667 bits per heavy atom. The second kappa shape index (κ2) is 10.5. The fraction of sp³-hybridized carbons (Fsp3) is 0.400. The standard InChI is InChI=1S/C40H47N3O2/c1-37(2,3)26-12-15-33-32(21-26)31-14-13-29(23-34(31)43(33)35-22-27(16-17-41-35)38(4,5)6)45-30-19-25(18-28(20-30)39(7,8)9)36-42-40(10,11)24-44-36/h12-23H,24H2,1-11H3. The zero-order valence-electron chi connectivity index (χ0n) is 28.8. The van der Waals surface area contributed by atoms with Crippen LogP contribution >= 0.6 is 0 Å². The van der Waals surface area contributed by atoms with Crippen LogP contribution in [0.3, 0.4) is 0 Å². The predicted molar refractivity (Wildman–Crippen MR) is 188 cm³/mol. The van der Waals surface area contributed by atoms with E-state index in [0.29, 0.717) is 12.5 Å². The minimum absolute atomic E-state index is 0.00243. The van der Waals surface area contributed by atoms with Crippen molar-refractivity contribution in [3.05, 3.63) is 95.2 Å². The first-order valence-corrected chi connectivity index (χ1v) is 16.0. The number of pyridine rings is 1. The molecule has 45 heavy (non-hydrogen) atoms. The Labute approximate surface area is 268 Å². The van der Waals surface area contributed by atoms with E-state index in [4.69, 9.17) is 19.5 Å². The minimum Gasteiger partial charge on any atom is -0.475 e. The smallest absolute Gasteiger partial charge is 0.216 e. The summed E-state index contributed by atoms with van der Waals surface area (Å²) in [5.41, 5.74) is 6.57. The third-order valence-corrected chi connectivity index (χ3v) is 8.67. The second-order valence-corrected chi connectivity index (χ2v) is 16.3. The van der Waals surface area contributed by atoms with Crippen molar-refractivity contribution in [2.45, 2.75) is 97.9 Å². The Bertz CT molecular complexity index is 1960. The van der Waals surface area contributed by atoms with Gasteiger partial charge in [-0.2, -0.15) is 0 Å². The van der Waals surface area contributed by atoms with Crippen LogP contribution in [-0.4, -0.2) is 27.6 Å². The third-order valence-electron chi connectivity index (χ3n) is 8.67. The summed E-state index contributed by atoms with van der Waals surface area (Å²) in [6, 6.07) is 23.9. The van der Waals surface area contributed by atoms with Crippen molar-refractivity contribution in [3.8, 4) is 17.3 Å². The van der Waals surface area contributed by atoms with Gasteiger partial charge in [-0.05, 0) is 101 Å². The summed E-state index contributed by atoms with van der Waals surface area (Å²) < 4.78 is 15.0. The number of aromatic nitrogens is 2. The molecule has 1 aliphatic heterocycles. The van der Waals surface area contributed by atoms with Crippen molar-refractivity contribution in [1.82, 2.24) is 9.55 Å². The fourth-order valence-corrected chi connectivity index (χ4v) is 5.87. The molecule has 234 valence electrons. The molecule has 0 N–H and O–H groups in total. The molecule has 0 radical (unpaired) electrons. The molecule has 0 fully saturated rings. The first kappa shape index (κ1) is 30.9. The van der Waals surface area contributed by atoms with Crippen molar-refractivity contribution >= 4 is 27.7 Å². The highest BCUT2D eigenvalue weighted by Gasteiger charge is 2.28. The molecule has 0 saturated carbocycles. The van der Waals surface area contributed by atoms with Gasteiger partial charge in [0.15, 0.2) is 0 Å². The van der Waals surface area contributed by atoms with E-state index in [-0.39, 0.29) is 21.8 Å². The van der Waals surface area contributed by atoms with E-state index in [2.05, 4.69) is 141 Å². The molecule has 0 aliphatic carbocycles. The molecular formula is C40H47N3O2. The maximum Gasteiger partial charge on any atom is 0.216 e. The van der Waals surface area contributed by atoms with E-state index < -0.39 is 0 Å². The average Bonchev–Trinajstić information content (AvgIpc) is 3.47. The molecule has 0 bridgehead atoms. The molecule has 3 aromatic carbocycles. The van der Waals surface area contributed by atoms with Crippen LogP contribution < -0.4 is 4.74 Å². The van der Waals surface area contributed by atoms with E-state index in [0.717, 1.165) is 33.9 Å². The van der Waals surface area contributed by atoms with Gasteiger partial charge in [-0.3, -0.25) is 4.57 Å². The summed E-state index contributed by atoms with van der Waals surface area (Å²) in [6.07, 6.45) is 1.92. The van der Waals surface area contributed by atoms with Crippen LogP contribution in [0.15, 0.2) is 77.9 Å². The van der Waals surface area contributed by atoms with E-state index in [1.54, 1.807) is 0 Å². The topological polar surface area (TPSA) is 48.6 Å². The molecule has 0 spiro atoms. The first-order chi connectivity index (χ1) is 20.9. The number of aliphatic imine (C=N–C) groups is 1. The lowest BCUT2D eigenvalue weighted by Crippen LogP contribution is -2.17. The molecule has 1 aliphatic rings. The number of ether oxygens (including phenoxy) is 2. The molecule has 5 aromatic rings. The number of hydrogen-bond donors (Lipinski definition) is 0. The van der Waals surface area contributed by atoms with E-state index >= 15 is 0 Å². The molecule has 0 atom stereocenters. The summed E-state index contributed by atoms with van der Waals surface area (Å²) >= 11 is 0. The van der Waals surface area contributed by atoms with Gasteiger partial charge >= 0.3 is 0 Å². The molecule has 6 rings (SSSR count).